The first kappa shape index (κ1) is 12.3. The SMILES string of the molecule is Cc1cc(Br)cc(-c2nc(CC(C)N)no2)c1. The van der Waals surface area contributed by atoms with Gasteiger partial charge in [0, 0.05) is 22.5 Å². The third-order valence-electron chi connectivity index (χ3n) is 2.26. The number of benzene rings is 1. The molecule has 90 valence electrons. The monoisotopic (exact) mass is 295 g/mol. The zero-order valence-electron chi connectivity index (χ0n) is 9.77. The summed E-state index contributed by atoms with van der Waals surface area (Å²) in [5, 5.41) is 3.91. The first-order valence-electron chi connectivity index (χ1n) is 5.40. The van der Waals surface area contributed by atoms with Gasteiger partial charge in [-0.2, -0.15) is 4.98 Å². The van der Waals surface area contributed by atoms with Gasteiger partial charge in [0.2, 0.25) is 0 Å². The lowest BCUT2D eigenvalue weighted by Gasteiger charge is -1.99. The van der Waals surface area contributed by atoms with Gasteiger partial charge in [-0.1, -0.05) is 21.1 Å². The van der Waals surface area contributed by atoms with E-state index >= 15 is 0 Å². The molecule has 1 unspecified atom stereocenters. The summed E-state index contributed by atoms with van der Waals surface area (Å²) in [6.45, 7) is 3.94. The van der Waals surface area contributed by atoms with Crippen LogP contribution < -0.4 is 5.73 Å². The lowest BCUT2D eigenvalue weighted by molar-refractivity contribution is 0.420. The topological polar surface area (TPSA) is 64.9 Å². The van der Waals surface area contributed by atoms with Crippen LogP contribution in [0.1, 0.15) is 18.3 Å². The summed E-state index contributed by atoms with van der Waals surface area (Å²) in [7, 11) is 0. The van der Waals surface area contributed by atoms with E-state index in [0.717, 1.165) is 15.6 Å². The molecule has 2 N–H and O–H groups in total. The van der Waals surface area contributed by atoms with E-state index in [-0.39, 0.29) is 6.04 Å². The van der Waals surface area contributed by atoms with Gasteiger partial charge in [0.15, 0.2) is 5.82 Å². The van der Waals surface area contributed by atoms with Gasteiger partial charge >= 0.3 is 0 Å². The molecule has 1 aromatic carbocycles. The first-order chi connectivity index (χ1) is 8.04. The molecule has 0 spiro atoms. The van der Waals surface area contributed by atoms with Crippen LogP contribution in [0.5, 0.6) is 0 Å². The minimum atomic E-state index is 0.0321. The molecular weight excluding hydrogens is 282 g/mol. The Labute approximate surface area is 108 Å². The lowest BCUT2D eigenvalue weighted by Crippen LogP contribution is -2.18. The van der Waals surface area contributed by atoms with Crippen molar-refractivity contribution in [2.45, 2.75) is 26.3 Å². The fourth-order valence-electron chi connectivity index (χ4n) is 1.60. The van der Waals surface area contributed by atoms with Crippen molar-refractivity contribution in [2.24, 2.45) is 5.73 Å². The minimum Gasteiger partial charge on any atom is -0.334 e. The summed E-state index contributed by atoms with van der Waals surface area (Å²) in [6, 6.07) is 6.03. The zero-order chi connectivity index (χ0) is 12.4. The van der Waals surface area contributed by atoms with Gasteiger partial charge in [-0.05, 0) is 37.6 Å². The Balaban J connectivity index is 2.30. The number of nitrogens with two attached hydrogens (primary N) is 1. The molecule has 17 heavy (non-hydrogen) atoms. The summed E-state index contributed by atoms with van der Waals surface area (Å²) < 4.78 is 6.22. The molecule has 0 aliphatic rings. The van der Waals surface area contributed by atoms with E-state index in [9.17, 15) is 0 Å². The maximum absolute atomic E-state index is 5.69. The highest BCUT2D eigenvalue weighted by molar-refractivity contribution is 9.10. The van der Waals surface area contributed by atoms with Crippen molar-refractivity contribution in [3.8, 4) is 11.5 Å². The van der Waals surface area contributed by atoms with Crippen LogP contribution in [0.3, 0.4) is 0 Å². The van der Waals surface area contributed by atoms with Crippen LogP contribution in [-0.2, 0) is 6.42 Å². The van der Waals surface area contributed by atoms with Crippen molar-refractivity contribution in [2.75, 3.05) is 0 Å². The Hall–Kier alpha value is -1.20. The molecule has 1 atom stereocenters. The Morgan fingerprint density at radius 2 is 2.18 bits per heavy atom. The van der Waals surface area contributed by atoms with E-state index in [1.54, 1.807) is 0 Å². The molecular formula is C12H14BrN3O. The second-order valence-corrected chi connectivity index (χ2v) is 5.13. The van der Waals surface area contributed by atoms with Gasteiger partial charge in [-0.15, -0.1) is 0 Å². The third-order valence-corrected chi connectivity index (χ3v) is 2.72. The van der Waals surface area contributed by atoms with Crippen LogP contribution in [0.15, 0.2) is 27.2 Å². The minimum absolute atomic E-state index is 0.0321. The van der Waals surface area contributed by atoms with Gasteiger partial charge in [0.05, 0.1) is 0 Å². The van der Waals surface area contributed by atoms with Gasteiger partial charge < -0.3 is 10.3 Å². The van der Waals surface area contributed by atoms with Crippen LogP contribution in [0.25, 0.3) is 11.5 Å². The van der Waals surface area contributed by atoms with Gasteiger partial charge in [-0.25, -0.2) is 0 Å². The number of aryl methyl sites for hydroxylation is 1. The van der Waals surface area contributed by atoms with Crippen LogP contribution in [0.2, 0.25) is 0 Å². The quantitative estimate of drug-likeness (QED) is 0.945. The summed E-state index contributed by atoms with van der Waals surface area (Å²) in [5.74, 6) is 1.18. The van der Waals surface area contributed by atoms with Gasteiger partial charge in [-0.3, -0.25) is 0 Å². The molecule has 0 saturated carbocycles. The summed E-state index contributed by atoms with van der Waals surface area (Å²) >= 11 is 3.45. The molecule has 0 aliphatic carbocycles. The highest BCUT2D eigenvalue weighted by Crippen LogP contribution is 2.23. The normalized spacial score (nSPS) is 12.7. The largest absolute Gasteiger partial charge is 0.334 e. The number of halogens is 1. The van der Waals surface area contributed by atoms with Crippen molar-refractivity contribution in [1.29, 1.82) is 0 Å². The van der Waals surface area contributed by atoms with Crippen LogP contribution >= 0.6 is 15.9 Å². The Bertz CT molecular complexity index is 502. The average Bonchev–Trinajstić information content (AvgIpc) is 2.63. The zero-order valence-corrected chi connectivity index (χ0v) is 11.4. The van der Waals surface area contributed by atoms with Crippen molar-refractivity contribution >= 4 is 15.9 Å². The van der Waals surface area contributed by atoms with E-state index in [2.05, 4.69) is 26.1 Å². The number of aromatic nitrogens is 2. The summed E-state index contributed by atoms with van der Waals surface area (Å²) in [5.41, 5.74) is 7.75. The van der Waals surface area contributed by atoms with E-state index in [0.29, 0.717) is 18.1 Å². The first-order valence-corrected chi connectivity index (χ1v) is 6.19. The Morgan fingerprint density at radius 3 is 2.82 bits per heavy atom. The maximum Gasteiger partial charge on any atom is 0.257 e. The molecule has 0 amide bonds. The molecule has 5 heteroatoms. The van der Waals surface area contributed by atoms with Crippen molar-refractivity contribution in [1.82, 2.24) is 10.1 Å². The standard InChI is InChI=1S/C12H14BrN3O/c1-7-3-9(6-10(13)4-7)12-15-11(16-17-12)5-8(2)14/h3-4,6,8H,5,14H2,1-2H3. The fourth-order valence-corrected chi connectivity index (χ4v) is 2.21. The van der Waals surface area contributed by atoms with Crippen molar-refractivity contribution < 1.29 is 4.52 Å². The van der Waals surface area contributed by atoms with E-state index in [1.165, 1.54) is 0 Å². The van der Waals surface area contributed by atoms with Crippen LogP contribution in [0.4, 0.5) is 0 Å². The van der Waals surface area contributed by atoms with Crippen LogP contribution in [0, 0.1) is 6.92 Å². The number of hydrogen-bond acceptors (Lipinski definition) is 4. The van der Waals surface area contributed by atoms with Gasteiger partial charge in [0.25, 0.3) is 5.89 Å². The van der Waals surface area contributed by atoms with E-state index < -0.39 is 0 Å². The Kier molecular flexibility index (Phi) is 3.59. The highest BCUT2D eigenvalue weighted by Gasteiger charge is 2.10. The second kappa shape index (κ2) is 4.98. The smallest absolute Gasteiger partial charge is 0.257 e. The number of hydrogen-bond donors (Lipinski definition) is 1. The number of rotatable bonds is 3. The van der Waals surface area contributed by atoms with Crippen LogP contribution in [-0.4, -0.2) is 16.2 Å². The predicted molar refractivity (Wildman–Crippen MR) is 69.5 cm³/mol. The molecule has 4 nitrogen and oxygen atoms in total. The van der Waals surface area contributed by atoms with Gasteiger partial charge in [0.1, 0.15) is 0 Å². The molecule has 1 aromatic heterocycles. The lowest BCUT2D eigenvalue weighted by atomic mass is 10.1. The molecule has 0 saturated heterocycles. The summed E-state index contributed by atoms with van der Waals surface area (Å²) in [6.07, 6.45) is 0.622. The second-order valence-electron chi connectivity index (χ2n) is 4.21. The summed E-state index contributed by atoms with van der Waals surface area (Å²) in [4.78, 5) is 4.32. The van der Waals surface area contributed by atoms with E-state index in [4.69, 9.17) is 10.3 Å². The fraction of sp³-hybridized carbons (Fsp3) is 0.333. The maximum atomic E-state index is 5.69. The van der Waals surface area contributed by atoms with Crippen molar-refractivity contribution in [3.63, 3.8) is 0 Å². The molecule has 2 aromatic rings. The molecule has 0 radical (unpaired) electrons. The molecule has 0 fully saturated rings. The molecule has 1 heterocycles. The predicted octanol–water partition coefficient (Wildman–Crippen LogP) is 2.70. The molecule has 0 bridgehead atoms. The Morgan fingerprint density at radius 1 is 1.41 bits per heavy atom. The van der Waals surface area contributed by atoms with E-state index in [1.807, 2.05) is 32.0 Å². The third kappa shape index (κ3) is 3.14. The molecule has 0 aliphatic heterocycles. The highest BCUT2D eigenvalue weighted by atomic mass is 79.9. The molecule has 2 rings (SSSR count). The van der Waals surface area contributed by atoms with Crippen molar-refractivity contribution in [3.05, 3.63) is 34.1 Å². The number of nitrogens with zero attached hydrogens (tertiary/aromatic N) is 2. The average molecular weight is 296 g/mol.